The van der Waals surface area contributed by atoms with E-state index in [9.17, 15) is 18.4 Å². The highest BCUT2D eigenvalue weighted by Gasteiger charge is 2.34. The van der Waals surface area contributed by atoms with E-state index in [4.69, 9.17) is 9.47 Å². The molecule has 1 N–H and O–H groups in total. The van der Waals surface area contributed by atoms with Crippen LogP contribution in [0.4, 0.5) is 13.6 Å². The molecule has 2 aliphatic heterocycles. The first-order valence-corrected chi connectivity index (χ1v) is 11.8. The highest BCUT2D eigenvalue weighted by Crippen LogP contribution is 2.37. The molecular formula is C26H26F2N4O4. The van der Waals surface area contributed by atoms with Gasteiger partial charge >= 0.3 is 6.03 Å². The van der Waals surface area contributed by atoms with E-state index in [2.05, 4.69) is 9.97 Å². The maximum atomic E-state index is 13.4. The minimum atomic E-state index is -2.64. The summed E-state index contributed by atoms with van der Waals surface area (Å²) in [5.74, 6) is 0.0230. The van der Waals surface area contributed by atoms with Gasteiger partial charge in [-0.1, -0.05) is 30.3 Å². The van der Waals surface area contributed by atoms with Gasteiger partial charge in [0, 0.05) is 42.5 Å². The van der Waals surface area contributed by atoms with Crippen molar-refractivity contribution in [2.75, 3.05) is 39.5 Å². The molecule has 8 nitrogen and oxygen atoms in total. The Balaban J connectivity index is 1.54. The average Bonchev–Trinajstić information content (AvgIpc) is 3.26. The summed E-state index contributed by atoms with van der Waals surface area (Å²) in [7, 11) is 0. The van der Waals surface area contributed by atoms with Crippen LogP contribution < -0.4 is 4.74 Å². The second kappa shape index (κ2) is 10.4. The Morgan fingerprint density at radius 1 is 1.11 bits per heavy atom. The maximum absolute atomic E-state index is 13.4. The van der Waals surface area contributed by atoms with E-state index in [0.717, 1.165) is 11.1 Å². The van der Waals surface area contributed by atoms with Crippen molar-refractivity contribution in [3.63, 3.8) is 0 Å². The molecule has 2 amide bonds. The Morgan fingerprint density at radius 3 is 2.64 bits per heavy atom. The first-order chi connectivity index (χ1) is 17.5. The summed E-state index contributed by atoms with van der Waals surface area (Å²) in [5, 5.41) is 0. The standard InChI is InChI=1S/C26H26F2N4O4/c27-23(28)16-36-22-13-29-7-6-18(22)25-19(12-17-4-2-1-3-5-17)24-20(30-25)14-32(15-21(24)33)26(34)31-8-10-35-11-9-31/h1-7,13,23,30H,8-12,14-16H2. The van der Waals surface area contributed by atoms with E-state index in [1.165, 1.54) is 11.1 Å². The Hall–Kier alpha value is -3.79. The van der Waals surface area contributed by atoms with Crippen LogP contribution in [-0.2, 0) is 17.7 Å². The van der Waals surface area contributed by atoms with Gasteiger partial charge in [-0.15, -0.1) is 0 Å². The first kappa shape index (κ1) is 23.9. The van der Waals surface area contributed by atoms with Crippen LogP contribution >= 0.6 is 0 Å². The normalized spacial score (nSPS) is 15.8. The number of ether oxygens (including phenoxy) is 2. The summed E-state index contributed by atoms with van der Waals surface area (Å²) in [4.78, 5) is 37.1. The van der Waals surface area contributed by atoms with Crippen molar-refractivity contribution in [1.29, 1.82) is 0 Å². The number of urea groups is 1. The topological polar surface area (TPSA) is 87.8 Å². The molecule has 0 atom stereocenters. The van der Waals surface area contributed by atoms with Crippen molar-refractivity contribution in [2.24, 2.45) is 0 Å². The molecule has 0 aliphatic carbocycles. The van der Waals surface area contributed by atoms with Gasteiger partial charge in [0.15, 0.2) is 5.78 Å². The van der Waals surface area contributed by atoms with Crippen molar-refractivity contribution in [3.05, 3.63) is 71.2 Å². The number of ketones is 1. The van der Waals surface area contributed by atoms with Gasteiger partial charge in [0.05, 0.1) is 38.2 Å². The lowest BCUT2D eigenvalue weighted by Crippen LogP contribution is -2.50. The number of carbonyl (C=O) groups excluding carboxylic acids is 2. The van der Waals surface area contributed by atoms with Crippen LogP contribution in [0.2, 0.25) is 0 Å². The fourth-order valence-electron chi connectivity index (χ4n) is 4.70. The maximum Gasteiger partial charge on any atom is 0.320 e. The van der Waals surface area contributed by atoms with Crippen LogP contribution in [0.15, 0.2) is 48.8 Å². The third kappa shape index (κ3) is 4.94. The van der Waals surface area contributed by atoms with E-state index in [-0.39, 0.29) is 30.7 Å². The van der Waals surface area contributed by atoms with Crippen LogP contribution in [0.5, 0.6) is 5.75 Å². The second-order valence-corrected chi connectivity index (χ2v) is 8.73. The molecule has 188 valence electrons. The molecule has 36 heavy (non-hydrogen) atoms. The number of halogens is 2. The molecule has 1 aromatic carbocycles. The van der Waals surface area contributed by atoms with Gasteiger partial charge in [-0.25, -0.2) is 13.6 Å². The van der Waals surface area contributed by atoms with Crippen molar-refractivity contribution in [3.8, 4) is 17.0 Å². The number of rotatable bonds is 6. The molecular weight excluding hydrogens is 470 g/mol. The van der Waals surface area contributed by atoms with Gasteiger partial charge in [0.2, 0.25) is 0 Å². The Bertz CT molecular complexity index is 1240. The zero-order valence-corrected chi connectivity index (χ0v) is 19.6. The summed E-state index contributed by atoms with van der Waals surface area (Å²) < 4.78 is 36.5. The van der Waals surface area contributed by atoms with E-state index < -0.39 is 13.0 Å². The van der Waals surface area contributed by atoms with E-state index in [1.807, 2.05) is 30.3 Å². The van der Waals surface area contributed by atoms with E-state index >= 15 is 0 Å². The lowest BCUT2D eigenvalue weighted by Gasteiger charge is -2.34. The number of benzene rings is 1. The van der Waals surface area contributed by atoms with Crippen molar-refractivity contribution >= 4 is 11.8 Å². The van der Waals surface area contributed by atoms with Gasteiger partial charge in [-0.3, -0.25) is 9.78 Å². The molecule has 3 aromatic rings. The number of aromatic nitrogens is 2. The summed E-state index contributed by atoms with van der Waals surface area (Å²) in [5.41, 5.74) is 4.02. The number of amides is 2. The Labute approximate surface area is 206 Å². The second-order valence-electron chi connectivity index (χ2n) is 8.73. The van der Waals surface area contributed by atoms with Crippen molar-refractivity contribution in [1.82, 2.24) is 19.8 Å². The average molecular weight is 497 g/mol. The molecule has 2 aromatic heterocycles. The molecule has 0 saturated carbocycles. The summed E-state index contributed by atoms with van der Waals surface area (Å²) in [6, 6.07) is 11.1. The molecule has 5 rings (SSSR count). The summed E-state index contributed by atoms with van der Waals surface area (Å²) in [6.45, 7) is 1.33. The molecule has 0 radical (unpaired) electrons. The summed E-state index contributed by atoms with van der Waals surface area (Å²) >= 11 is 0. The largest absolute Gasteiger partial charge is 0.485 e. The number of aromatic amines is 1. The first-order valence-electron chi connectivity index (χ1n) is 11.8. The van der Waals surface area contributed by atoms with Crippen molar-refractivity contribution < 1.29 is 27.8 Å². The zero-order valence-electron chi connectivity index (χ0n) is 19.6. The quantitative estimate of drug-likeness (QED) is 0.562. The highest BCUT2D eigenvalue weighted by atomic mass is 19.3. The molecule has 1 fully saturated rings. The predicted octanol–water partition coefficient (Wildman–Crippen LogP) is 3.76. The van der Waals surface area contributed by atoms with Crippen LogP contribution in [0.3, 0.4) is 0 Å². The Kier molecular flexibility index (Phi) is 6.95. The van der Waals surface area contributed by atoms with Crippen LogP contribution in [0.1, 0.15) is 27.2 Å². The van der Waals surface area contributed by atoms with Crippen LogP contribution in [0, 0.1) is 0 Å². The Morgan fingerprint density at radius 2 is 1.89 bits per heavy atom. The molecule has 0 bridgehead atoms. The minimum absolute atomic E-state index is 0.0344. The number of nitrogens with zero attached hydrogens (tertiary/aromatic N) is 3. The summed E-state index contributed by atoms with van der Waals surface area (Å²) in [6.07, 6.45) is 0.745. The smallest absolute Gasteiger partial charge is 0.320 e. The monoisotopic (exact) mass is 496 g/mol. The lowest BCUT2D eigenvalue weighted by atomic mass is 9.93. The number of pyridine rings is 1. The molecule has 0 unspecified atom stereocenters. The number of morpholine rings is 1. The van der Waals surface area contributed by atoms with E-state index in [0.29, 0.717) is 55.2 Å². The molecule has 0 spiro atoms. The van der Waals surface area contributed by atoms with E-state index in [1.54, 1.807) is 17.2 Å². The third-order valence-corrected chi connectivity index (χ3v) is 6.34. The number of nitrogens with one attached hydrogen (secondary N) is 1. The number of hydrogen-bond donors (Lipinski definition) is 1. The lowest BCUT2D eigenvalue weighted by molar-refractivity contribution is 0.0415. The van der Waals surface area contributed by atoms with Crippen molar-refractivity contribution in [2.45, 2.75) is 19.4 Å². The number of alkyl halides is 2. The third-order valence-electron chi connectivity index (χ3n) is 6.34. The van der Waals surface area contributed by atoms with Crippen LogP contribution in [0.25, 0.3) is 11.3 Å². The number of H-pyrrole nitrogens is 1. The fraction of sp³-hybridized carbons (Fsp3) is 0.346. The zero-order chi connectivity index (χ0) is 25.1. The number of carbonyl (C=O) groups is 2. The van der Waals surface area contributed by atoms with Crippen LogP contribution in [-0.4, -0.2) is 77.5 Å². The van der Waals surface area contributed by atoms with Gasteiger partial charge in [0.25, 0.3) is 6.43 Å². The van der Waals surface area contributed by atoms with Gasteiger partial charge in [0.1, 0.15) is 12.4 Å². The SMILES string of the molecule is O=C1CN(C(=O)N2CCOCC2)Cc2[nH]c(-c3ccncc3OCC(F)F)c(Cc3ccccc3)c21. The van der Waals surface area contributed by atoms with Gasteiger partial charge in [-0.05, 0) is 17.2 Å². The molecule has 10 heteroatoms. The fourth-order valence-corrected chi connectivity index (χ4v) is 4.70. The number of Topliss-reactive ketones (excluding diaryl/α,β-unsaturated/α-hetero) is 1. The number of fused-ring (bicyclic) bond motifs is 1. The molecule has 2 aliphatic rings. The number of hydrogen-bond acceptors (Lipinski definition) is 5. The highest BCUT2D eigenvalue weighted by molar-refractivity contribution is 6.04. The predicted molar refractivity (Wildman–Crippen MR) is 127 cm³/mol. The van der Waals surface area contributed by atoms with Gasteiger partial charge < -0.3 is 24.3 Å². The minimum Gasteiger partial charge on any atom is -0.485 e. The molecule has 1 saturated heterocycles. The molecule has 4 heterocycles. The van der Waals surface area contributed by atoms with Gasteiger partial charge in [-0.2, -0.15) is 0 Å².